The van der Waals surface area contributed by atoms with Crippen LogP contribution in [0.2, 0.25) is 0 Å². The fraction of sp³-hybridized carbons (Fsp3) is 0.250. The van der Waals surface area contributed by atoms with E-state index in [2.05, 4.69) is 15.4 Å². The van der Waals surface area contributed by atoms with Crippen molar-refractivity contribution in [3.8, 4) is 11.4 Å². The van der Waals surface area contributed by atoms with Crippen LogP contribution in [-0.4, -0.2) is 25.1 Å². The Morgan fingerprint density at radius 3 is 2.65 bits per heavy atom. The molecule has 0 fully saturated rings. The number of nitrogens with zero attached hydrogens (tertiary/aromatic N) is 4. The molecule has 31 heavy (non-hydrogen) atoms. The predicted molar refractivity (Wildman–Crippen MR) is 118 cm³/mol. The van der Waals surface area contributed by atoms with Gasteiger partial charge in [-0.05, 0) is 37.3 Å². The molecule has 1 amide bonds. The fourth-order valence-electron chi connectivity index (χ4n) is 4.20. The van der Waals surface area contributed by atoms with Gasteiger partial charge in [0.2, 0.25) is 11.7 Å². The SMILES string of the molecule is Cc1ccccc1CNC(=O)Cn1c2c(c(=O)n3nc(-c4ccccc4)nc13)CCC2. The monoisotopic (exact) mass is 413 g/mol. The van der Waals surface area contributed by atoms with E-state index in [4.69, 9.17) is 0 Å². The Kier molecular flexibility index (Phi) is 4.86. The molecule has 1 aliphatic carbocycles. The Labute approximate surface area is 179 Å². The number of carbonyl (C=O) groups is 1. The third-order valence-electron chi connectivity index (χ3n) is 5.87. The molecule has 0 saturated heterocycles. The number of nitrogens with one attached hydrogen (secondary N) is 1. The van der Waals surface area contributed by atoms with E-state index in [-0.39, 0.29) is 18.0 Å². The lowest BCUT2D eigenvalue weighted by Crippen LogP contribution is -2.31. The summed E-state index contributed by atoms with van der Waals surface area (Å²) in [6.45, 7) is 2.60. The van der Waals surface area contributed by atoms with E-state index in [1.807, 2.05) is 66.1 Å². The molecule has 7 heteroatoms. The first-order valence-electron chi connectivity index (χ1n) is 10.5. The summed E-state index contributed by atoms with van der Waals surface area (Å²) in [7, 11) is 0. The highest BCUT2D eigenvalue weighted by Crippen LogP contribution is 2.22. The molecule has 2 aromatic heterocycles. The normalized spacial score (nSPS) is 12.8. The number of carbonyl (C=O) groups excluding carboxylic acids is 1. The minimum atomic E-state index is -0.131. The van der Waals surface area contributed by atoms with E-state index >= 15 is 0 Å². The molecule has 0 radical (unpaired) electrons. The number of aryl methyl sites for hydroxylation is 1. The maximum absolute atomic E-state index is 13.0. The maximum atomic E-state index is 13.0. The largest absolute Gasteiger partial charge is 0.350 e. The summed E-state index contributed by atoms with van der Waals surface area (Å²) in [6, 6.07) is 17.5. The van der Waals surface area contributed by atoms with Crippen molar-refractivity contribution in [3.63, 3.8) is 0 Å². The van der Waals surface area contributed by atoms with Crippen LogP contribution in [0.25, 0.3) is 17.2 Å². The quantitative estimate of drug-likeness (QED) is 0.545. The lowest BCUT2D eigenvalue weighted by atomic mass is 10.1. The molecule has 4 aromatic rings. The molecule has 0 bridgehead atoms. The summed E-state index contributed by atoms with van der Waals surface area (Å²) >= 11 is 0. The van der Waals surface area contributed by atoms with Crippen molar-refractivity contribution in [2.75, 3.05) is 0 Å². The van der Waals surface area contributed by atoms with E-state index in [1.54, 1.807) is 0 Å². The van der Waals surface area contributed by atoms with Crippen LogP contribution in [0.15, 0.2) is 59.4 Å². The third kappa shape index (κ3) is 3.52. The van der Waals surface area contributed by atoms with Crippen molar-refractivity contribution in [2.45, 2.75) is 39.3 Å². The van der Waals surface area contributed by atoms with Crippen LogP contribution >= 0.6 is 0 Å². The summed E-state index contributed by atoms with van der Waals surface area (Å²) in [5, 5.41) is 7.48. The molecule has 0 aliphatic heterocycles. The van der Waals surface area contributed by atoms with Gasteiger partial charge in [-0.2, -0.15) is 9.50 Å². The first-order valence-corrected chi connectivity index (χ1v) is 10.5. The van der Waals surface area contributed by atoms with Crippen molar-refractivity contribution in [1.82, 2.24) is 24.5 Å². The number of amides is 1. The van der Waals surface area contributed by atoms with Crippen LogP contribution in [0.1, 0.15) is 28.8 Å². The van der Waals surface area contributed by atoms with Gasteiger partial charge < -0.3 is 9.88 Å². The molecule has 0 atom stereocenters. The van der Waals surface area contributed by atoms with Crippen molar-refractivity contribution >= 4 is 11.7 Å². The van der Waals surface area contributed by atoms with Crippen LogP contribution in [0.4, 0.5) is 0 Å². The van der Waals surface area contributed by atoms with E-state index in [0.29, 0.717) is 24.6 Å². The molecule has 7 nitrogen and oxygen atoms in total. The topological polar surface area (TPSA) is 81.3 Å². The highest BCUT2D eigenvalue weighted by Gasteiger charge is 2.25. The molecule has 0 spiro atoms. The minimum absolute atomic E-state index is 0.102. The minimum Gasteiger partial charge on any atom is -0.350 e. The summed E-state index contributed by atoms with van der Waals surface area (Å²) in [5.74, 6) is 0.776. The summed E-state index contributed by atoms with van der Waals surface area (Å²) in [4.78, 5) is 30.5. The molecular weight excluding hydrogens is 390 g/mol. The fourth-order valence-corrected chi connectivity index (χ4v) is 4.20. The Morgan fingerprint density at radius 2 is 1.84 bits per heavy atom. The van der Waals surface area contributed by atoms with Gasteiger partial charge in [-0.3, -0.25) is 9.59 Å². The number of rotatable bonds is 5. The van der Waals surface area contributed by atoms with Gasteiger partial charge in [0.05, 0.1) is 0 Å². The van der Waals surface area contributed by atoms with Crippen LogP contribution in [0, 0.1) is 6.92 Å². The van der Waals surface area contributed by atoms with E-state index in [9.17, 15) is 9.59 Å². The van der Waals surface area contributed by atoms with Gasteiger partial charge in [-0.25, -0.2) is 0 Å². The number of hydrogen-bond donors (Lipinski definition) is 1. The summed E-state index contributed by atoms with van der Waals surface area (Å²) in [5.41, 5.74) is 4.56. The van der Waals surface area contributed by atoms with Gasteiger partial charge in [0.25, 0.3) is 5.56 Å². The van der Waals surface area contributed by atoms with Crippen LogP contribution in [-0.2, 0) is 30.7 Å². The molecule has 1 N–H and O–H groups in total. The van der Waals surface area contributed by atoms with Crippen LogP contribution in [0.5, 0.6) is 0 Å². The number of hydrogen-bond acceptors (Lipinski definition) is 4. The van der Waals surface area contributed by atoms with E-state index in [1.165, 1.54) is 4.52 Å². The second kappa shape index (κ2) is 7.83. The molecule has 0 unspecified atom stereocenters. The molecular formula is C24H23N5O2. The standard InChI is InChI=1S/C24H23N5O2/c1-16-8-5-6-11-18(16)14-25-21(30)15-28-20-13-7-12-19(20)23(31)29-24(28)26-22(27-29)17-9-3-2-4-10-17/h2-6,8-11H,7,12-15H2,1H3,(H,25,30). The maximum Gasteiger partial charge on any atom is 0.279 e. The molecule has 0 saturated carbocycles. The number of aromatic nitrogens is 4. The van der Waals surface area contributed by atoms with Crippen molar-refractivity contribution in [3.05, 3.63) is 87.3 Å². The Morgan fingerprint density at radius 1 is 1.06 bits per heavy atom. The lowest BCUT2D eigenvalue weighted by Gasteiger charge is -2.14. The third-order valence-corrected chi connectivity index (χ3v) is 5.87. The molecule has 5 rings (SSSR count). The van der Waals surface area contributed by atoms with Gasteiger partial charge in [0, 0.05) is 23.4 Å². The van der Waals surface area contributed by atoms with Gasteiger partial charge in [-0.15, -0.1) is 5.10 Å². The zero-order valence-corrected chi connectivity index (χ0v) is 17.3. The van der Waals surface area contributed by atoms with Crippen molar-refractivity contribution < 1.29 is 4.79 Å². The summed E-state index contributed by atoms with van der Waals surface area (Å²) < 4.78 is 3.21. The van der Waals surface area contributed by atoms with Crippen LogP contribution < -0.4 is 10.9 Å². The summed E-state index contributed by atoms with van der Waals surface area (Å²) in [6.07, 6.45) is 2.36. The first kappa shape index (κ1) is 19.2. The highest BCUT2D eigenvalue weighted by atomic mass is 16.2. The second-order valence-corrected chi connectivity index (χ2v) is 7.89. The van der Waals surface area contributed by atoms with E-state index in [0.717, 1.165) is 40.8 Å². The first-order chi connectivity index (χ1) is 15.1. The molecule has 2 aromatic carbocycles. The van der Waals surface area contributed by atoms with Crippen molar-refractivity contribution in [2.24, 2.45) is 0 Å². The zero-order valence-electron chi connectivity index (χ0n) is 17.3. The molecule has 1 aliphatic rings. The number of fused-ring (bicyclic) bond motifs is 2. The second-order valence-electron chi connectivity index (χ2n) is 7.89. The number of benzene rings is 2. The van der Waals surface area contributed by atoms with Crippen LogP contribution in [0.3, 0.4) is 0 Å². The van der Waals surface area contributed by atoms with Crippen molar-refractivity contribution in [1.29, 1.82) is 0 Å². The average molecular weight is 413 g/mol. The smallest absolute Gasteiger partial charge is 0.279 e. The average Bonchev–Trinajstić information content (AvgIpc) is 3.45. The van der Waals surface area contributed by atoms with Gasteiger partial charge in [-0.1, -0.05) is 54.6 Å². The Balaban J connectivity index is 1.51. The zero-order chi connectivity index (χ0) is 21.4. The van der Waals surface area contributed by atoms with Gasteiger partial charge in [0.15, 0.2) is 5.82 Å². The van der Waals surface area contributed by atoms with E-state index < -0.39 is 0 Å². The lowest BCUT2D eigenvalue weighted by molar-refractivity contribution is -0.121. The van der Waals surface area contributed by atoms with Gasteiger partial charge in [0.1, 0.15) is 6.54 Å². The molecule has 2 heterocycles. The highest BCUT2D eigenvalue weighted by molar-refractivity contribution is 5.76. The predicted octanol–water partition coefficient (Wildman–Crippen LogP) is 2.67. The Bertz CT molecular complexity index is 1340. The van der Waals surface area contributed by atoms with Gasteiger partial charge >= 0.3 is 0 Å². The Hall–Kier alpha value is -3.74. The molecule has 156 valence electrons.